The van der Waals surface area contributed by atoms with E-state index in [0.717, 1.165) is 38.5 Å². The zero-order valence-electron chi connectivity index (χ0n) is 22.4. The second kappa shape index (κ2) is 11.1. The van der Waals surface area contributed by atoms with Crippen LogP contribution in [-0.4, -0.2) is 65.8 Å². The molecule has 0 aliphatic carbocycles. The highest BCUT2D eigenvalue weighted by Gasteiger charge is 2.31. The van der Waals surface area contributed by atoms with Crippen molar-refractivity contribution in [1.82, 2.24) is 15.2 Å². The van der Waals surface area contributed by atoms with Crippen molar-refractivity contribution in [3.8, 4) is 5.75 Å². The maximum Gasteiger partial charge on any atom is 0.410 e. The predicted molar refractivity (Wildman–Crippen MR) is 140 cm³/mol. The van der Waals surface area contributed by atoms with Gasteiger partial charge >= 0.3 is 6.09 Å². The van der Waals surface area contributed by atoms with E-state index in [2.05, 4.69) is 15.2 Å². The fourth-order valence-corrected chi connectivity index (χ4v) is 4.60. The number of nitrogens with one attached hydrogen (secondary N) is 1. The highest BCUT2D eigenvalue weighted by atomic mass is 19.3. The van der Waals surface area contributed by atoms with E-state index >= 15 is 0 Å². The van der Waals surface area contributed by atoms with Gasteiger partial charge in [0.05, 0.1) is 6.20 Å². The average Bonchev–Trinajstić information content (AvgIpc) is 3.32. The first-order valence-electron chi connectivity index (χ1n) is 13.0. The number of anilines is 1. The number of halogens is 2. The minimum absolute atomic E-state index is 0.00398. The normalized spacial score (nSPS) is 18.8. The fraction of sp³-hybridized carbons (Fsp3) is 0.536. The number of carbonyl (C=O) groups excluding carboxylic acids is 2. The van der Waals surface area contributed by atoms with Gasteiger partial charge in [0.25, 0.3) is 11.8 Å². The molecule has 1 atom stereocenters. The second-order valence-electron chi connectivity index (χ2n) is 11.0. The number of amides is 2. The smallest absolute Gasteiger partial charge is 0.410 e. The summed E-state index contributed by atoms with van der Waals surface area (Å²) in [6, 6.07) is 9.64. The van der Waals surface area contributed by atoms with Crippen molar-refractivity contribution in [3.63, 3.8) is 0 Å². The summed E-state index contributed by atoms with van der Waals surface area (Å²) in [7, 11) is 0. The van der Waals surface area contributed by atoms with Crippen LogP contribution in [-0.2, 0) is 10.7 Å². The van der Waals surface area contributed by atoms with E-state index in [9.17, 15) is 18.4 Å². The van der Waals surface area contributed by atoms with Crippen LogP contribution >= 0.6 is 0 Å². The Morgan fingerprint density at radius 2 is 1.66 bits per heavy atom. The van der Waals surface area contributed by atoms with Gasteiger partial charge in [-0.2, -0.15) is 0 Å². The minimum Gasteiger partial charge on any atom is -0.489 e. The van der Waals surface area contributed by atoms with E-state index < -0.39 is 11.5 Å². The van der Waals surface area contributed by atoms with Crippen LogP contribution in [0.15, 0.2) is 42.6 Å². The van der Waals surface area contributed by atoms with Crippen LogP contribution < -0.4 is 15.0 Å². The van der Waals surface area contributed by atoms with Crippen molar-refractivity contribution < 1.29 is 27.8 Å². The zero-order valence-corrected chi connectivity index (χ0v) is 22.4. The molecule has 0 unspecified atom stereocenters. The van der Waals surface area contributed by atoms with E-state index in [1.54, 1.807) is 35.4 Å². The SMILES string of the molecule is CC(C)(C)OC(=O)N1CC[C@H](NC(=O)c2ccc(OC3CCN(c4ccc(C(C)(F)F)cc4)CC3)cn2)C1. The van der Waals surface area contributed by atoms with Crippen molar-refractivity contribution in [2.75, 3.05) is 31.1 Å². The number of hydrogen-bond acceptors (Lipinski definition) is 6. The van der Waals surface area contributed by atoms with E-state index in [1.165, 1.54) is 12.1 Å². The molecular weight excluding hydrogens is 494 g/mol. The summed E-state index contributed by atoms with van der Waals surface area (Å²) in [6.07, 6.45) is 3.39. The molecule has 2 aromatic rings. The highest BCUT2D eigenvalue weighted by Crippen LogP contribution is 2.30. The Morgan fingerprint density at radius 1 is 0.974 bits per heavy atom. The third-order valence-electron chi connectivity index (χ3n) is 6.63. The van der Waals surface area contributed by atoms with Gasteiger partial charge in [-0.25, -0.2) is 18.6 Å². The molecule has 2 aliphatic heterocycles. The Hall–Kier alpha value is -3.43. The summed E-state index contributed by atoms with van der Waals surface area (Å²) >= 11 is 0. The molecule has 0 spiro atoms. The third-order valence-corrected chi connectivity index (χ3v) is 6.63. The molecule has 10 heteroatoms. The van der Waals surface area contributed by atoms with Crippen LogP contribution in [0, 0.1) is 0 Å². The van der Waals surface area contributed by atoms with Gasteiger partial charge in [-0.3, -0.25) is 4.79 Å². The van der Waals surface area contributed by atoms with Crippen LogP contribution in [0.25, 0.3) is 0 Å². The second-order valence-corrected chi connectivity index (χ2v) is 11.0. The molecule has 206 valence electrons. The molecule has 2 saturated heterocycles. The molecule has 2 fully saturated rings. The Morgan fingerprint density at radius 3 is 2.24 bits per heavy atom. The molecule has 0 bridgehead atoms. The molecule has 38 heavy (non-hydrogen) atoms. The third kappa shape index (κ3) is 7.33. The number of benzene rings is 1. The number of nitrogens with zero attached hydrogens (tertiary/aromatic N) is 3. The first-order chi connectivity index (χ1) is 17.9. The molecule has 1 N–H and O–H groups in total. The molecule has 2 amide bonds. The summed E-state index contributed by atoms with van der Waals surface area (Å²) in [5.41, 5.74) is 0.649. The van der Waals surface area contributed by atoms with Gasteiger partial charge in [-0.15, -0.1) is 0 Å². The molecule has 3 heterocycles. The number of aromatic nitrogens is 1. The van der Waals surface area contributed by atoms with Gasteiger partial charge in [0, 0.05) is 63.2 Å². The molecule has 0 saturated carbocycles. The minimum atomic E-state index is -2.84. The molecule has 1 aromatic heterocycles. The van der Waals surface area contributed by atoms with E-state index in [1.807, 2.05) is 20.8 Å². The van der Waals surface area contributed by atoms with Crippen LogP contribution in [0.1, 0.15) is 63.0 Å². The van der Waals surface area contributed by atoms with Gasteiger partial charge < -0.3 is 24.6 Å². The van der Waals surface area contributed by atoms with E-state index in [0.29, 0.717) is 25.3 Å². The number of piperidine rings is 1. The number of likely N-dealkylation sites (tertiary alicyclic amines) is 1. The topological polar surface area (TPSA) is 84.0 Å². The highest BCUT2D eigenvalue weighted by molar-refractivity contribution is 5.92. The Balaban J connectivity index is 1.22. The van der Waals surface area contributed by atoms with Crippen LogP contribution in [0.4, 0.5) is 19.3 Å². The predicted octanol–water partition coefficient (Wildman–Crippen LogP) is 4.98. The number of carbonyl (C=O) groups is 2. The first kappa shape index (κ1) is 27.6. The van der Waals surface area contributed by atoms with Gasteiger partial charge in [0.2, 0.25) is 0 Å². The number of hydrogen-bond donors (Lipinski definition) is 1. The van der Waals surface area contributed by atoms with Crippen molar-refractivity contribution in [1.29, 1.82) is 0 Å². The lowest BCUT2D eigenvalue weighted by atomic mass is 10.1. The summed E-state index contributed by atoms with van der Waals surface area (Å²) in [4.78, 5) is 32.9. The standard InChI is InChI=1S/C28H36F2N4O4/c1-27(2,3)38-26(36)34-14-11-20(18-34)32-25(35)24-10-9-23(17-31-24)37-22-12-15-33(16-13-22)21-7-5-19(6-8-21)28(4,29)30/h5-10,17,20,22H,11-16,18H2,1-4H3,(H,32,35)/t20-/m0/s1. The van der Waals surface area contributed by atoms with Crippen LogP contribution in [0.5, 0.6) is 5.75 Å². The average molecular weight is 531 g/mol. The molecular formula is C28H36F2N4O4. The molecule has 8 nitrogen and oxygen atoms in total. The van der Waals surface area contributed by atoms with E-state index in [4.69, 9.17) is 9.47 Å². The molecule has 4 rings (SSSR count). The largest absolute Gasteiger partial charge is 0.489 e. The number of ether oxygens (including phenoxy) is 2. The van der Waals surface area contributed by atoms with Crippen molar-refractivity contribution in [3.05, 3.63) is 53.9 Å². The lowest BCUT2D eigenvalue weighted by molar-refractivity contribution is 0.0174. The van der Waals surface area contributed by atoms with Crippen molar-refractivity contribution in [2.45, 2.75) is 70.6 Å². The van der Waals surface area contributed by atoms with Gasteiger partial charge in [-0.05, 0) is 51.5 Å². The van der Waals surface area contributed by atoms with Crippen LogP contribution in [0.3, 0.4) is 0 Å². The summed E-state index contributed by atoms with van der Waals surface area (Å²) in [6.45, 7) is 8.79. The zero-order chi connectivity index (χ0) is 27.5. The lowest BCUT2D eigenvalue weighted by Gasteiger charge is -2.33. The lowest BCUT2D eigenvalue weighted by Crippen LogP contribution is -2.40. The quantitative estimate of drug-likeness (QED) is 0.567. The monoisotopic (exact) mass is 530 g/mol. The number of pyridine rings is 1. The maximum atomic E-state index is 13.5. The van der Waals surface area contributed by atoms with Gasteiger partial charge in [0.15, 0.2) is 0 Å². The van der Waals surface area contributed by atoms with Crippen LogP contribution in [0.2, 0.25) is 0 Å². The summed E-state index contributed by atoms with van der Waals surface area (Å²) < 4.78 is 38.4. The molecule has 1 aromatic carbocycles. The van der Waals surface area contributed by atoms with Gasteiger partial charge in [-0.1, -0.05) is 12.1 Å². The first-order valence-corrected chi connectivity index (χ1v) is 13.0. The Bertz CT molecular complexity index is 1110. The summed E-state index contributed by atoms with van der Waals surface area (Å²) in [5.74, 6) is -2.55. The Labute approximate surface area is 222 Å². The maximum absolute atomic E-state index is 13.5. The van der Waals surface area contributed by atoms with E-state index in [-0.39, 0.29) is 35.4 Å². The Kier molecular flexibility index (Phi) is 8.08. The van der Waals surface area contributed by atoms with Crippen molar-refractivity contribution in [2.24, 2.45) is 0 Å². The molecule has 0 radical (unpaired) electrons. The fourth-order valence-electron chi connectivity index (χ4n) is 4.60. The number of alkyl halides is 2. The van der Waals surface area contributed by atoms with Crippen molar-refractivity contribution >= 4 is 17.7 Å². The molecule has 2 aliphatic rings. The van der Waals surface area contributed by atoms with Gasteiger partial charge in [0.1, 0.15) is 23.1 Å². The summed E-state index contributed by atoms with van der Waals surface area (Å²) in [5, 5.41) is 2.94. The number of rotatable bonds is 6.